The van der Waals surface area contributed by atoms with Gasteiger partial charge in [0, 0.05) is 11.1 Å². The van der Waals surface area contributed by atoms with Gasteiger partial charge in [0.05, 0.1) is 38.6 Å². The van der Waals surface area contributed by atoms with Gasteiger partial charge in [-0.15, -0.1) is 0 Å². The van der Waals surface area contributed by atoms with Crippen molar-refractivity contribution in [3.05, 3.63) is 65.7 Å². The Labute approximate surface area is 271 Å². The molecule has 0 bridgehead atoms. The maximum Gasteiger partial charge on any atom is 0.311 e. The monoisotopic (exact) mass is 665 g/mol. The molecule has 0 saturated carbocycles. The summed E-state index contributed by atoms with van der Waals surface area (Å²) in [7, 11) is 1.14. The summed E-state index contributed by atoms with van der Waals surface area (Å²) in [5.74, 6) is -0.920. The Morgan fingerprint density at radius 2 is 1.43 bits per heavy atom. The number of quaternary nitrogens is 1. The van der Waals surface area contributed by atoms with Crippen molar-refractivity contribution in [1.29, 1.82) is 0 Å². The lowest BCUT2D eigenvalue weighted by Gasteiger charge is -2.34. The van der Waals surface area contributed by atoms with Gasteiger partial charge in [-0.1, -0.05) is 37.3 Å². The normalized spacial score (nSPS) is 15.2. The molecular weight excluding hydrogens is 617 g/mol. The second-order valence-electron chi connectivity index (χ2n) is 13.0. The number of aliphatic hydroxyl groups is 1. The Hall–Kier alpha value is -3.12. The lowest BCUT2D eigenvalue weighted by molar-refractivity contribution is -0.870. The average Bonchev–Trinajstić information content (AvgIpc) is 3.00. The summed E-state index contributed by atoms with van der Waals surface area (Å²) in [6.07, 6.45) is -0.706. The van der Waals surface area contributed by atoms with Crippen molar-refractivity contribution in [2.75, 3.05) is 60.7 Å². The average molecular weight is 666 g/mol. The fraction of sp³-hybridized carbons (Fsp3) is 0.545. The van der Waals surface area contributed by atoms with Gasteiger partial charge >= 0.3 is 11.9 Å². The van der Waals surface area contributed by atoms with Gasteiger partial charge in [-0.05, 0) is 57.9 Å². The topological polar surface area (TPSA) is 158 Å². The molecule has 2 rings (SSSR count). The highest BCUT2D eigenvalue weighted by Gasteiger charge is 2.43. The molecule has 0 aliphatic rings. The zero-order chi connectivity index (χ0) is 34.6. The predicted molar refractivity (Wildman–Crippen MR) is 169 cm³/mol. The smallest absolute Gasteiger partial charge is 0.311 e. The number of likely N-dealkylation sites (N-methyl/N-ethyl adjacent to an activating group) is 1. The van der Waals surface area contributed by atoms with Crippen LogP contribution >= 0.6 is 7.82 Å². The Kier molecular flexibility index (Phi) is 14.6. The summed E-state index contributed by atoms with van der Waals surface area (Å²) in [4.78, 5) is 50.3. The Morgan fingerprint density at radius 1 is 0.848 bits per heavy atom. The van der Waals surface area contributed by atoms with Crippen molar-refractivity contribution in [3.63, 3.8) is 0 Å². The first-order chi connectivity index (χ1) is 21.4. The van der Waals surface area contributed by atoms with Crippen LogP contribution in [0, 0.1) is 10.8 Å². The number of phosphoric acid groups is 1. The number of ether oxygens (including phenoxy) is 3. The number of ketones is 1. The van der Waals surface area contributed by atoms with E-state index in [2.05, 4.69) is 0 Å². The third kappa shape index (κ3) is 13.3. The number of carbonyl (C=O) groups is 3. The minimum atomic E-state index is -4.54. The number of hydrogen-bond acceptors (Lipinski definition) is 11. The van der Waals surface area contributed by atoms with Crippen LogP contribution in [0.5, 0.6) is 5.75 Å². The minimum absolute atomic E-state index is 0.0423. The maximum absolute atomic E-state index is 13.1. The molecule has 2 aromatic rings. The van der Waals surface area contributed by atoms with Crippen molar-refractivity contribution in [3.8, 4) is 5.75 Å². The molecule has 0 spiro atoms. The van der Waals surface area contributed by atoms with Crippen LogP contribution in [0.4, 0.5) is 0 Å². The summed E-state index contributed by atoms with van der Waals surface area (Å²) in [5, 5.41) is 10.4. The Morgan fingerprint density at radius 3 is 2.02 bits per heavy atom. The van der Waals surface area contributed by atoms with Crippen LogP contribution in [0.25, 0.3) is 0 Å². The van der Waals surface area contributed by atoms with E-state index >= 15 is 0 Å². The van der Waals surface area contributed by atoms with Crippen molar-refractivity contribution in [2.45, 2.75) is 46.6 Å². The van der Waals surface area contributed by atoms with E-state index in [1.54, 1.807) is 76.2 Å². The van der Waals surface area contributed by atoms with Crippen LogP contribution in [0.3, 0.4) is 0 Å². The number of benzene rings is 2. The minimum Gasteiger partial charge on any atom is -0.756 e. The van der Waals surface area contributed by atoms with E-state index < -0.39 is 43.3 Å². The number of hydrogen-bond donors (Lipinski definition) is 1. The molecule has 13 heteroatoms. The van der Waals surface area contributed by atoms with E-state index in [0.717, 1.165) is 0 Å². The first-order valence-corrected chi connectivity index (χ1v) is 16.6. The molecule has 3 atom stereocenters. The first-order valence-electron chi connectivity index (χ1n) is 15.1. The molecule has 3 unspecified atom stereocenters. The van der Waals surface area contributed by atoms with E-state index in [-0.39, 0.29) is 38.6 Å². The maximum atomic E-state index is 13.1. The SMILES string of the molecule is CCC(C)(CC(C)(C)C(=O)OCCOP(=O)([O-])OCC[N+](C)(C)C)C(=O)OCC(O)COc1ccc(C(=O)c2ccccc2)cc1. The Bertz CT molecular complexity index is 1330. The van der Waals surface area contributed by atoms with E-state index in [1.807, 2.05) is 27.2 Å². The number of rotatable bonds is 20. The molecule has 0 fully saturated rings. The highest BCUT2D eigenvalue weighted by atomic mass is 31.2. The molecule has 0 saturated heterocycles. The molecule has 12 nitrogen and oxygen atoms in total. The molecule has 0 aliphatic carbocycles. The zero-order valence-electron chi connectivity index (χ0n) is 27.9. The first kappa shape index (κ1) is 39.1. The largest absolute Gasteiger partial charge is 0.756 e. The molecular formula is C33H48NO11P. The summed E-state index contributed by atoms with van der Waals surface area (Å²) < 4.78 is 38.2. The lowest BCUT2D eigenvalue weighted by Crippen LogP contribution is -2.40. The standard InChI is InChI=1S/C33H48NO11P/c1-8-33(4,24-32(2,3)30(37)41-20-21-45-46(39,40)44-19-18-34(5,6)7)31(38)43-23-27(35)22-42-28-16-14-26(15-17-28)29(36)25-12-10-9-11-13-25/h9-17,27,35H,8,18-24H2,1-7H3. The molecule has 0 radical (unpaired) electrons. The molecule has 0 heterocycles. The Balaban J connectivity index is 1.79. The predicted octanol–water partition coefficient (Wildman–Crippen LogP) is 3.78. The molecule has 0 amide bonds. The highest BCUT2D eigenvalue weighted by Crippen LogP contribution is 2.39. The third-order valence-electron chi connectivity index (χ3n) is 7.24. The number of carbonyl (C=O) groups excluding carboxylic acids is 3. The number of phosphoric ester groups is 1. The molecule has 256 valence electrons. The van der Waals surface area contributed by atoms with E-state index in [4.69, 9.17) is 23.3 Å². The van der Waals surface area contributed by atoms with Gasteiger partial charge in [0.2, 0.25) is 0 Å². The number of esters is 2. The van der Waals surface area contributed by atoms with Gasteiger partial charge in [0.15, 0.2) is 5.78 Å². The van der Waals surface area contributed by atoms with Crippen molar-refractivity contribution in [1.82, 2.24) is 0 Å². The molecule has 0 aromatic heterocycles. The second-order valence-corrected chi connectivity index (χ2v) is 14.4. The van der Waals surface area contributed by atoms with Crippen LogP contribution in [-0.4, -0.2) is 94.1 Å². The van der Waals surface area contributed by atoms with Crippen molar-refractivity contribution >= 4 is 25.5 Å². The van der Waals surface area contributed by atoms with Gasteiger partial charge in [-0.25, -0.2) is 0 Å². The summed E-state index contributed by atoms with van der Waals surface area (Å²) in [5.41, 5.74) is -1.13. The summed E-state index contributed by atoms with van der Waals surface area (Å²) >= 11 is 0. The van der Waals surface area contributed by atoms with Crippen LogP contribution in [0.1, 0.15) is 56.5 Å². The van der Waals surface area contributed by atoms with Crippen LogP contribution < -0.4 is 9.63 Å². The van der Waals surface area contributed by atoms with Crippen LogP contribution in [-0.2, 0) is 32.7 Å². The second kappa shape index (κ2) is 17.2. The van der Waals surface area contributed by atoms with Crippen LogP contribution in [0.2, 0.25) is 0 Å². The van der Waals surface area contributed by atoms with Gasteiger partial charge in [0.1, 0.15) is 44.8 Å². The summed E-state index contributed by atoms with van der Waals surface area (Å²) in [6, 6.07) is 15.4. The van der Waals surface area contributed by atoms with E-state index in [0.29, 0.717) is 34.3 Å². The number of nitrogens with zero attached hydrogens (tertiary/aromatic N) is 1. The van der Waals surface area contributed by atoms with E-state index in [9.17, 15) is 28.9 Å². The van der Waals surface area contributed by atoms with Crippen molar-refractivity contribution < 1.29 is 56.7 Å². The highest BCUT2D eigenvalue weighted by molar-refractivity contribution is 7.45. The van der Waals surface area contributed by atoms with Gasteiger partial charge in [0.25, 0.3) is 7.82 Å². The van der Waals surface area contributed by atoms with Gasteiger partial charge in [-0.3, -0.25) is 18.9 Å². The number of aliphatic hydroxyl groups excluding tert-OH is 1. The fourth-order valence-corrected chi connectivity index (χ4v) is 5.05. The van der Waals surface area contributed by atoms with Gasteiger partial charge < -0.3 is 37.7 Å². The van der Waals surface area contributed by atoms with Crippen molar-refractivity contribution in [2.24, 2.45) is 10.8 Å². The van der Waals surface area contributed by atoms with Crippen LogP contribution in [0.15, 0.2) is 54.6 Å². The summed E-state index contributed by atoms with van der Waals surface area (Å²) in [6.45, 7) is 5.89. The molecule has 46 heavy (non-hydrogen) atoms. The van der Waals surface area contributed by atoms with Gasteiger partial charge in [-0.2, -0.15) is 0 Å². The van der Waals surface area contributed by atoms with E-state index in [1.165, 1.54) is 0 Å². The molecule has 0 aliphatic heterocycles. The lowest BCUT2D eigenvalue weighted by atomic mass is 9.72. The third-order valence-corrected chi connectivity index (χ3v) is 8.23. The molecule has 1 N–H and O–H groups in total. The zero-order valence-corrected chi connectivity index (χ0v) is 28.7. The quantitative estimate of drug-likeness (QED) is 0.0722. The molecule has 2 aromatic carbocycles. The fourth-order valence-electron chi connectivity index (χ4n) is 4.38.